The predicted molar refractivity (Wildman–Crippen MR) is 95.6 cm³/mol. The van der Waals surface area contributed by atoms with Crippen molar-refractivity contribution >= 4 is 27.3 Å². The van der Waals surface area contributed by atoms with Crippen LogP contribution in [0.4, 0.5) is 0 Å². The smallest absolute Gasteiger partial charge is 0.254 e. The van der Waals surface area contributed by atoms with Crippen LogP contribution in [-0.2, 0) is 16.4 Å². The number of hydrogen-bond donors (Lipinski definition) is 0. The van der Waals surface area contributed by atoms with Crippen molar-refractivity contribution in [3.63, 3.8) is 0 Å². The number of benzene rings is 1. The first-order valence-electron chi connectivity index (χ1n) is 8.00. The van der Waals surface area contributed by atoms with E-state index in [-0.39, 0.29) is 21.4 Å². The van der Waals surface area contributed by atoms with E-state index in [1.807, 2.05) is 12.1 Å². The van der Waals surface area contributed by atoms with Crippen LogP contribution < -0.4 is 0 Å². The Morgan fingerprint density at radius 2 is 2.00 bits per heavy atom. The minimum Gasteiger partial charge on any atom is -0.464 e. The van der Waals surface area contributed by atoms with Crippen LogP contribution in [0.1, 0.15) is 41.1 Å². The first kappa shape index (κ1) is 18.0. The monoisotopic (exact) mass is 381 g/mol. The third-order valence-corrected chi connectivity index (χ3v) is 6.05. The molecule has 1 amide bonds. The Morgan fingerprint density at radius 3 is 2.60 bits per heavy atom. The standard InChI is InChI=1S/C18H20ClNO4S/c1-11-8-14(11)16-7-5-13(24-16)10-20(2)18(21)12-4-6-15(19)17(9-12)25(3,22)23/h4-7,9,11,14H,8,10H2,1-3H3/t11-,14-/m1/s1. The van der Waals surface area contributed by atoms with Gasteiger partial charge in [0.25, 0.3) is 5.91 Å². The largest absolute Gasteiger partial charge is 0.464 e. The normalized spacial score (nSPS) is 19.7. The summed E-state index contributed by atoms with van der Waals surface area (Å²) in [5, 5.41) is 0.107. The van der Waals surface area contributed by atoms with Gasteiger partial charge in [0, 0.05) is 24.8 Å². The summed E-state index contributed by atoms with van der Waals surface area (Å²) in [5.74, 6) is 2.53. The fraction of sp³-hybridized carbons (Fsp3) is 0.389. The highest BCUT2D eigenvalue weighted by Crippen LogP contribution is 2.47. The molecule has 1 saturated carbocycles. The summed E-state index contributed by atoms with van der Waals surface area (Å²) in [7, 11) is -1.85. The maximum Gasteiger partial charge on any atom is 0.254 e. The second kappa shape index (κ2) is 6.50. The molecule has 7 heteroatoms. The van der Waals surface area contributed by atoms with Gasteiger partial charge in [0.1, 0.15) is 11.5 Å². The van der Waals surface area contributed by atoms with E-state index >= 15 is 0 Å². The summed E-state index contributed by atoms with van der Waals surface area (Å²) in [6.07, 6.45) is 2.20. The van der Waals surface area contributed by atoms with Gasteiger partial charge in [-0.3, -0.25) is 4.79 Å². The zero-order valence-corrected chi connectivity index (χ0v) is 15.9. The Hall–Kier alpha value is -1.79. The van der Waals surface area contributed by atoms with E-state index in [9.17, 15) is 13.2 Å². The maximum atomic E-state index is 12.6. The lowest BCUT2D eigenvalue weighted by atomic mass is 10.2. The molecule has 1 heterocycles. The van der Waals surface area contributed by atoms with Crippen molar-refractivity contribution in [1.82, 2.24) is 4.90 Å². The maximum absolute atomic E-state index is 12.6. The van der Waals surface area contributed by atoms with Crippen molar-refractivity contribution < 1.29 is 17.6 Å². The van der Waals surface area contributed by atoms with Crippen LogP contribution in [-0.4, -0.2) is 32.5 Å². The summed E-state index contributed by atoms with van der Waals surface area (Å²) < 4.78 is 29.3. The topological polar surface area (TPSA) is 67.6 Å². The fourth-order valence-corrected chi connectivity index (χ4v) is 4.15. The minimum atomic E-state index is -3.50. The number of furan rings is 1. The van der Waals surface area contributed by atoms with Crippen molar-refractivity contribution in [3.05, 3.63) is 52.4 Å². The Balaban J connectivity index is 1.75. The molecule has 1 aliphatic carbocycles. The fourth-order valence-electron chi connectivity index (χ4n) is 2.84. The number of amides is 1. The van der Waals surface area contributed by atoms with Gasteiger partial charge in [0.15, 0.2) is 9.84 Å². The molecule has 0 aliphatic heterocycles. The van der Waals surface area contributed by atoms with E-state index in [1.165, 1.54) is 23.1 Å². The summed E-state index contributed by atoms with van der Waals surface area (Å²) in [5.41, 5.74) is 0.273. The number of sulfone groups is 1. The molecule has 1 aliphatic rings. The van der Waals surface area contributed by atoms with Crippen LogP contribution in [0.5, 0.6) is 0 Å². The average molecular weight is 382 g/mol. The number of carbonyl (C=O) groups is 1. The molecular weight excluding hydrogens is 362 g/mol. The van der Waals surface area contributed by atoms with Crippen LogP contribution in [0.25, 0.3) is 0 Å². The van der Waals surface area contributed by atoms with Gasteiger partial charge in [-0.05, 0) is 42.7 Å². The Morgan fingerprint density at radius 1 is 1.32 bits per heavy atom. The highest BCUT2D eigenvalue weighted by Gasteiger charge is 2.36. The number of rotatable bonds is 5. The molecule has 2 atom stereocenters. The molecule has 1 fully saturated rings. The van der Waals surface area contributed by atoms with Crippen molar-refractivity contribution in [2.24, 2.45) is 5.92 Å². The lowest BCUT2D eigenvalue weighted by Crippen LogP contribution is -2.26. The molecule has 3 rings (SSSR count). The summed E-state index contributed by atoms with van der Waals surface area (Å²) in [6.45, 7) is 2.50. The van der Waals surface area contributed by atoms with Crippen LogP contribution in [0.2, 0.25) is 5.02 Å². The molecule has 0 radical (unpaired) electrons. The van der Waals surface area contributed by atoms with Gasteiger partial charge in [-0.1, -0.05) is 18.5 Å². The van der Waals surface area contributed by atoms with Gasteiger partial charge >= 0.3 is 0 Å². The number of halogens is 1. The van der Waals surface area contributed by atoms with Gasteiger partial charge in [-0.15, -0.1) is 0 Å². The lowest BCUT2D eigenvalue weighted by molar-refractivity contribution is 0.0774. The highest BCUT2D eigenvalue weighted by molar-refractivity contribution is 7.90. The average Bonchev–Trinajstić information content (AvgIpc) is 3.08. The molecule has 0 saturated heterocycles. The van der Waals surface area contributed by atoms with Gasteiger partial charge in [-0.25, -0.2) is 8.42 Å². The molecule has 5 nitrogen and oxygen atoms in total. The first-order valence-corrected chi connectivity index (χ1v) is 10.3. The molecule has 25 heavy (non-hydrogen) atoms. The van der Waals surface area contributed by atoms with Gasteiger partial charge in [0.05, 0.1) is 16.5 Å². The van der Waals surface area contributed by atoms with Crippen LogP contribution >= 0.6 is 11.6 Å². The van der Waals surface area contributed by atoms with Crippen molar-refractivity contribution in [2.75, 3.05) is 13.3 Å². The minimum absolute atomic E-state index is 0.0450. The second-order valence-corrected chi connectivity index (χ2v) is 9.09. The van der Waals surface area contributed by atoms with Crippen molar-refractivity contribution in [3.8, 4) is 0 Å². The summed E-state index contributed by atoms with van der Waals surface area (Å²) >= 11 is 5.93. The second-order valence-electron chi connectivity index (χ2n) is 6.70. The predicted octanol–water partition coefficient (Wildman–Crippen LogP) is 3.73. The molecular formula is C18H20ClNO4S. The zero-order valence-electron chi connectivity index (χ0n) is 14.3. The Kier molecular flexibility index (Phi) is 4.68. The van der Waals surface area contributed by atoms with Crippen LogP contribution in [0.15, 0.2) is 39.6 Å². The zero-order chi connectivity index (χ0) is 18.4. The Bertz CT molecular complexity index is 919. The van der Waals surface area contributed by atoms with Crippen LogP contribution in [0.3, 0.4) is 0 Å². The van der Waals surface area contributed by atoms with E-state index < -0.39 is 9.84 Å². The van der Waals surface area contributed by atoms with Crippen molar-refractivity contribution in [1.29, 1.82) is 0 Å². The lowest BCUT2D eigenvalue weighted by Gasteiger charge is -2.16. The van der Waals surface area contributed by atoms with E-state index in [0.29, 0.717) is 24.1 Å². The summed E-state index contributed by atoms with van der Waals surface area (Å²) in [4.78, 5) is 14.0. The van der Waals surface area contributed by atoms with E-state index in [4.69, 9.17) is 16.0 Å². The number of nitrogens with zero attached hydrogens (tertiary/aromatic N) is 1. The summed E-state index contributed by atoms with van der Waals surface area (Å²) in [6, 6.07) is 8.11. The molecule has 0 N–H and O–H groups in total. The number of carbonyl (C=O) groups excluding carboxylic acids is 1. The van der Waals surface area contributed by atoms with Gasteiger partial charge in [-0.2, -0.15) is 0 Å². The van der Waals surface area contributed by atoms with Gasteiger partial charge < -0.3 is 9.32 Å². The van der Waals surface area contributed by atoms with E-state index in [1.54, 1.807) is 7.05 Å². The van der Waals surface area contributed by atoms with E-state index in [0.717, 1.165) is 18.4 Å². The Labute approximate surface area is 152 Å². The third-order valence-electron chi connectivity index (χ3n) is 4.47. The van der Waals surface area contributed by atoms with Crippen LogP contribution in [0, 0.1) is 5.92 Å². The molecule has 0 bridgehead atoms. The van der Waals surface area contributed by atoms with E-state index in [2.05, 4.69) is 6.92 Å². The quantitative estimate of drug-likeness (QED) is 0.791. The molecule has 1 aromatic carbocycles. The molecule has 0 unspecified atom stereocenters. The van der Waals surface area contributed by atoms with Gasteiger partial charge in [0.2, 0.25) is 0 Å². The van der Waals surface area contributed by atoms with Crippen molar-refractivity contribution in [2.45, 2.75) is 30.7 Å². The molecule has 0 spiro atoms. The highest BCUT2D eigenvalue weighted by atomic mass is 35.5. The molecule has 2 aromatic rings. The first-order chi connectivity index (χ1) is 11.7. The third kappa shape index (κ3) is 3.90. The molecule has 134 valence electrons. The number of hydrogen-bond acceptors (Lipinski definition) is 4. The SMILES string of the molecule is C[C@@H]1C[C@H]1c1ccc(CN(C)C(=O)c2ccc(Cl)c(S(C)(=O)=O)c2)o1. The molecule has 1 aromatic heterocycles.